The van der Waals surface area contributed by atoms with Gasteiger partial charge in [-0.05, 0) is 37.7 Å². The molecule has 2 fully saturated rings. The van der Waals surface area contributed by atoms with Crippen molar-refractivity contribution >= 4 is 11.8 Å². The van der Waals surface area contributed by atoms with Crippen LogP contribution in [0.3, 0.4) is 0 Å². The van der Waals surface area contributed by atoms with Crippen molar-refractivity contribution in [1.82, 2.24) is 19.5 Å². The molecule has 6 heteroatoms. The number of rotatable bonds is 4. The summed E-state index contributed by atoms with van der Waals surface area (Å²) in [6.45, 7) is 3.07. The summed E-state index contributed by atoms with van der Waals surface area (Å²) in [5.74, 6) is 3.98. The summed E-state index contributed by atoms with van der Waals surface area (Å²) in [4.78, 5) is 15.5. The van der Waals surface area contributed by atoms with E-state index in [0.717, 1.165) is 44.3 Å². The number of hydrogen-bond donors (Lipinski definition) is 1. The van der Waals surface area contributed by atoms with Gasteiger partial charge in [0.05, 0.1) is 0 Å². The Balaban J connectivity index is 1.42. The number of anilines is 2. The predicted octanol–water partition coefficient (Wildman–Crippen LogP) is 2.05. The zero-order valence-electron chi connectivity index (χ0n) is 12.7. The van der Waals surface area contributed by atoms with E-state index in [9.17, 15) is 0 Å². The summed E-state index contributed by atoms with van der Waals surface area (Å²) in [6.07, 6.45) is 10.8. The fraction of sp³-hybridized carbons (Fsp3) is 0.562. The normalized spacial score (nSPS) is 19.5. The predicted molar refractivity (Wildman–Crippen MR) is 85.6 cm³/mol. The third-order valence-corrected chi connectivity index (χ3v) is 4.71. The molecule has 3 heterocycles. The first-order chi connectivity index (χ1) is 10.8. The maximum absolute atomic E-state index is 5.75. The summed E-state index contributed by atoms with van der Waals surface area (Å²) in [6, 6.07) is 1.73. The van der Waals surface area contributed by atoms with Crippen molar-refractivity contribution in [2.24, 2.45) is 5.92 Å². The Morgan fingerprint density at radius 3 is 2.64 bits per heavy atom. The standard InChI is InChI=1S/C16H22N6/c17-14-3-6-19-16(20-14)21-8-4-13(5-9-21)15-18-7-10-22(15)11-12-1-2-12/h3,6-7,10,12-13H,1-2,4-5,8-9,11H2,(H2,17,19,20). The lowest BCUT2D eigenvalue weighted by molar-refractivity contribution is 0.454. The van der Waals surface area contributed by atoms with Gasteiger partial charge in [0.1, 0.15) is 11.6 Å². The molecule has 0 unspecified atom stereocenters. The molecule has 2 aromatic heterocycles. The summed E-state index contributed by atoms with van der Waals surface area (Å²) in [5, 5.41) is 0. The SMILES string of the molecule is Nc1ccnc(N2CCC(c3nccn3CC3CC3)CC2)n1. The van der Waals surface area contributed by atoms with Gasteiger partial charge in [-0.15, -0.1) is 0 Å². The maximum atomic E-state index is 5.75. The number of hydrogen-bond acceptors (Lipinski definition) is 5. The van der Waals surface area contributed by atoms with Crippen molar-refractivity contribution in [3.8, 4) is 0 Å². The van der Waals surface area contributed by atoms with E-state index in [-0.39, 0.29) is 0 Å². The van der Waals surface area contributed by atoms with Crippen LogP contribution >= 0.6 is 0 Å². The fourth-order valence-corrected chi connectivity index (χ4v) is 3.27. The van der Waals surface area contributed by atoms with Gasteiger partial charge in [0.2, 0.25) is 5.95 Å². The number of aromatic nitrogens is 4. The summed E-state index contributed by atoms with van der Waals surface area (Å²) in [7, 11) is 0. The first-order valence-electron chi connectivity index (χ1n) is 8.14. The maximum Gasteiger partial charge on any atom is 0.227 e. The number of nitrogens with zero attached hydrogens (tertiary/aromatic N) is 5. The van der Waals surface area contributed by atoms with Gasteiger partial charge in [-0.3, -0.25) is 0 Å². The van der Waals surface area contributed by atoms with E-state index < -0.39 is 0 Å². The van der Waals surface area contributed by atoms with Crippen LogP contribution in [0, 0.1) is 5.92 Å². The van der Waals surface area contributed by atoms with Crippen molar-refractivity contribution in [3.63, 3.8) is 0 Å². The molecular weight excluding hydrogens is 276 g/mol. The van der Waals surface area contributed by atoms with Gasteiger partial charge in [-0.2, -0.15) is 4.98 Å². The van der Waals surface area contributed by atoms with Crippen LogP contribution in [0.15, 0.2) is 24.7 Å². The van der Waals surface area contributed by atoms with Crippen LogP contribution in [-0.2, 0) is 6.54 Å². The third-order valence-electron chi connectivity index (χ3n) is 4.71. The lowest BCUT2D eigenvalue weighted by Crippen LogP contribution is -2.35. The topological polar surface area (TPSA) is 72.9 Å². The monoisotopic (exact) mass is 298 g/mol. The van der Waals surface area contributed by atoms with Crippen LogP contribution in [-0.4, -0.2) is 32.6 Å². The van der Waals surface area contributed by atoms with E-state index in [1.54, 1.807) is 12.3 Å². The molecule has 2 aromatic rings. The number of piperidine rings is 1. The number of nitrogen functional groups attached to an aromatic ring is 1. The molecule has 116 valence electrons. The first kappa shape index (κ1) is 13.5. The summed E-state index contributed by atoms with van der Waals surface area (Å²) < 4.78 is 2.37. The Kier molecular flexibility index (Phi) is 3.44. The van der Waals surface area contributed by atoms with Crippen LogP contribution in [0.25, 0.3) is 0 Å². The van der Waals surface area contributed by atoms with Gasteiger partial charge in [-0.1, -0.05) is 0 Å². The molecule has 0 bridgehead atoms. The van der Waals surface area contributed by atoms with Crippen molar-refractivity contribution in [1.29, 1.82) is 0 Å². The minimum atomic E-state index is 0.534. The van der Waals surface area contributed by atoms with Crippen molar-refractivity contribution in [3.05, 3.63) is 30.5 Å². The quantitative estimate of drug-likeness (QED) is 0.935. The van der Waals surface area contributed by atoms with Crippen LogP contribution in [0.2, 0.25) is 0 Å². The average Bonchev–Trinajstić information content (AvgIpc) is 3.23. The van der Waals surface area contributed by atoms with Crippen molar-refractivity contribution < 1.29 is 0 Å². The minimum Gasteiger partial charge on any atom is -0.384 e. The molecule has 0 atom stereocenters. The molecule has 1 aliphatic heterocycles. The smallest absolute Gasteiger partial charge is 0.227 e. The third kappa shape index (κ3) is 2.77. The summed E-state index contributed by atoms with van der Waals surface area (Å²) >= 11 is 0. The van der Waals surface area contributed by atoms with E-state index in [0.29, 0.717) is 11.7 Å². The lowest BCUT2D eigenvalue weighted by Gasteiger charge is -2.32. The zero-order valence-corrected chi connectivity index (χ0v) is 12.7. The first-order valence-corrected chi connectivity index (χ1v) is 8.14. The molecule has 0 spiro atoms. The molecule has 0 radical (unpaired) electrons. The van der Waals surface area contributed by atoms with E-state index >= 15 is 0 Å². The molecule has 0 aromatic carbocycles. The molecule has 22 heavy (non-hydrogen) atoms. The van der Waals surface area contributed by atoms with Gasteiger partial charge >= 0.3 is 0 Å². The number of nitrogens with two attached hydrogens (primary N) is 1. The van der Waals surface area contributed by atoms with Crippen LogP contribution in [0.1, 0.15) is 37.4 Å². The molecule has 4 rings (SSSR count). The van der Waals surface area contributed by atoms with Gasteiger partial charge in [-0.25, -0.2) is 9.97 Å². The van der Waals surface area contributed by atoms with Gasteiger partial charge in [0, 0.05) is 44.1 Å². The van der Waals surface area contributed by atoms with Gasteiger partial charge in [0.25, 0.3) is 0 Å². The van der Waals surface area contributed by atoms with Crippen molar-refractivity contribution in [2.45, 2.75) is 38.1 Å². The summed E-state index contributed by atoms with van der Waals surface area (Å²) in [5.41, 5.74) is 5.75. The Bertz CT molecular complexity index is 640. The highest BCUT2D eigenvalue weighted by Crippen LogP contribution is 2.33. The second-order valence-corrected chi connectivity index (χ2v) is 6.42. The highest BCUT2D eigenvalue weighted by atomic mass is 15.3. The van der Waals surface area contributed by atoms with Crippen LogP contribution < -0.4 is 10.6 Å². The largest absolute Gasteiger partial charge is 0.384 e. The molecule has 2 aliphatic rings. The zero-order chi connectivity index (χ0) is 14.9. The molecule has 1 saturated heterocycles. The van der Waals surface area contributed by atoms with Crippen LogP contribution in [0.5, 0.6) is 0 Å². The highest BCUT2D eigenvalue weighted by molar-refractivity contribution is 5.38. The highest BCUT2D eigenvalue weighted by Gasteiger charge is 2.27. The average molecular weight is 298 g/mol. The van der Waals surface area contributed by atoms with E-state index in [4.69, 9.17) is 5.73 Å². The Hall–Kier alpha value is -2.11. The number of imidazole rings is 1. The van der Waals surface area contributed by atoms with E-state index in [1.807, 2.05) is 6.20 Å². The van der Waals surface area contributed by atoms with E-state index in [1.165, 1.54) is 18.7 Å². The van der Waals surface area contributed by atoms with Crippen LogP contribution in [0.4, 0.5) is 11.8 Å². The lowest BCUT2D eigenvalue weighted by atomic mass is 9.96. The second-order valence-electron chi connectivity index (χ2n) is 6.42. The van der Waals surface area contributed by atoms with E-state index in [2.05, 4.69) is 30.6 Å². The minimum absolute atomic E-state index is 0.534. The molecule has 2 N–H and O–H groups in total. The fourth-order valence-electron chi connectivity index (χ4n) is 3.27. The molecule has 0 amide bonds. The van der Waals surface area contributed by atoms with Gasteiger partial charge in [0.15, 0.2) is 0 Å². The molecular formula is C16H22N6. The second kappa shape index (κ2) is 5.59. The Morgan fingerprint density at radius 1 is 1.09 bits per heavy atom. The van der Waals surface area contributed by atoms with Crippen molar-refractivity contribution in [2.75, 3.05) is 23.7 Å². The Morgan fingerprint density at radius 2 is 1.91 bits per heavy atom. The molecule has 1 aliphatic carbocycles. The molecule has 6 nitrogen and oxygen atoms in total. The molecule has 1 saturated carbocycles. The van der Waals surface area contributed by atoms with Gasteiger partial charge < -0.3 is 15.2 Å². The Labute approximate surface area is 130 Å².